The highest BCUT2D eigenvalue weighted by atomic mass is 32.1. The van der Waals surface area contributed by atoms with E-state index in [9.17, 15) is 9.59 Å². The summed E-state index contributed by atoms with van der Waals surface area (Å²) < 4.78 is 5.88. The van der Waals surface area contributed by atoms with Gasteiger partial charge in [-0.3, -0.25) is 19.4 Å². The van der Waals surface area contributed by atoms with Crippen LogP contribution in [0.25, 0.3) is 42.5 Å². The van der Waals surface area contributed by atoms with Gasteiger partial charge in [-0.05, 0) is 23.1 Å². The number of nitrogens with one attached hydrogen (secondary N) is 2. The van der Waals surface area contributed by atoms with E-state index in [1.165, 1.54) is 27.4 Å². The SMILES string of the molecule is Cn1c2nc(Cn3c(=O)[nH]c4sccc43)sc2c2cnn(Cc3cccc4[nH]ncc34)c(=O)c21. The van der Waals surface area contributed by atoms with Crippen molar-refractivity contribution in [2.45, 2.75) is 13.1 Å². The highest BCUT2D eigenvalue weighted by molar-refractivity contribution is 7.19. The first-order valence-electron chi connectivity index (χ1n) is 10.5. The Kier molecular flexibility index (Phi) is 3.99. The lowest BCUT2D eigenvalue weighted by Gasteiger charge is -2.07. The van der Waals surface area contributed by atoms with Crippen molar-refractivity contribution in [2.24, 2.45) is 7.05 Å². The molecule has 0 unspecified atom stereocenters. The quantitative estimate of drug-likeness (QED) is 0.395. The Hall–Kier alpha value is -4.03. The molecule has 0 fully saturated rings. The number of H-pyrrole nitrogens is 2. The molecule has 34 heavy (non-hydrogen) atoms. The molecule has 6 aromatic heterocycles. The molecule has 0 spiro atoms. The summed E-state index contributed by atoms with van der Waals surface area (Å²) >= 11 is 2.98. The van der Waals surface area contributed by atoms with E-state index in [1.807, 2.05) is 41.3 Å². The maximum atomic E-state index is 13.4. The minimum atomic E-state index is -0.172. The maximum absolute atomic E-state index is 13.4. The van der Waals surface area contributed by atoms with Crippen LogP contribution in [0.15, 0.2) is 51.6 Å². The Morgan fingerprint density at radius 2 is 2.00 bits per heavy atom. The van der Waals surface area contributed by atoms with E-state index >= 15 is 0 Å². The number of aryl methyl sites for hydroxylation is 1. The van der Waals surface area contributed by atoms with Gasteiger partial charge in [-0.15, -0.1) is 22.7 Å². The van der Waals surface area contributed by atoms with Gasteiger partial charge >= 0.3 is 5.69 Å². The zero-order valence-electron chi connectivity index (χ0n) is 17.8. The predicted molar refractivity (Wildman–Crippen MR) is 133 cm³/mol. The molecular weight excluding hydrogens is 472 g/mol. The number of nitrogens with zero attached hydrogens (tertiary/aromatic N) is 6. The first-order valence-corrected chi connectivity index (χ1v) is 12.2. The third kappa shape index (κ3) is 2.69. The number of thiophene rings is 1. The van der Waals surface area contributed by atoms with Crippen LogP contribution in [0.5, 0.6) is 0 Å². The Labute approximate surface area is 197 Å². The summed E-state index contributed by atoms with van der Waals surface area (Å²) in [7, 11) is 1.84. The Bertz CT molecular complexity index is 1990. The van der Waals surface area contributed by atoms with E-state index in [4.69, 9.17) is 4.98 Å². The summed E-state index contributed by atoms with van der Waals surface area (Å²) in [5.41, 5.74) is 3.72. The Morgan fingerprint density at radius 1 is 1.09 bits per heavy atom. The molecule has 0 bridgehead atoms. The predicted octanol–water partition coefficient (Wildman–Crippen LogP) is 3.02. The van der Waals surface area contributed by atoms with Gasteiger partial charge in [0.1, 0.15) is 15.4 Å². The second kappa shape index (κ2) is 6.98. The molecule has 0 radical (unpaired) electrons. The molecule has 7 rings (SSSR count). The second-order valence-corrected chi connectivity index (χ2v) is 10.1. The first-order chi connectivity index (χ1) is 16.6. The van der Waals surface area contributed by atoms with Crippen molar-refractivity contribution in [2.75, 3.05) is 0 Å². The number of thiazole rings is 1. The third-order valence-electron chi connectivity index (χ3n) is 6.16. The summed E-state index contributed by atoms with van der Waals surface area (Å²) in [4.78, 5) is 34.2. The van der Waals surface area contributed by atoms with E-state index in [1.54, 1.807) is 17.0 Å². The smallest absolute Gasteiger partial charge is 0.323 e. The molecular formula is C22H16N8O2S2. The van der Waals surface area contributed by atoms with E-state index < -0.39 is 0 Å². The van der Waals surface area contributed by atoms with Gasteiger partial charge in [0.15, 0.2) is 5.65 Å². The number of aromatic nitrogens is 8. The van der Waals surface area contributed by atoms with Gasteiger partial charge in [0.05, 0.1) is 41.2 Å². The van der Waals surface area contributed by atoms with Crippen molar-refractivity contribution < 1.29 is 0 Å². The standard InChI is InChI=1S/C22H16N8O2S2/c1-28-17-13(8-24-30(21(17)31)9-11-3-2-4-14-12(11)7-23-27-14)18-19(28)25-16(34-18)10-29-15-5-6-33-20(15)26-22(29)32/h2-8H,9-10H2,1H3,(H,23,27)(H,26,32). The topological polar surface area (TPSA) is 119 Å². The zero-order chi connectivity index (χ0) is 23.0. The van der Waals surface area contributed by atoms with Crippen molar-refractivity contribution in [1.82, 2.24) is 39.1 Å². The van der Waals surface area contributed by atoms with Crippen LogP contribution >= 0.6 is 22.7 Å². The molecule has 10 nitrogen and oxygen atoms in total. The lowest BCUT2D eigenvalue weighted by Crippen LogP contribution is -2.24. The minimum Gasteiger partial charge on any atom is -0.323 e. The van der Waals surface area contributed by atoms with E-state index in [0.29, 0.717) is 24.3 Å². The lowest BCUT2D eigenvalue weighted by molar-refractivity contribution is 0.647. The molecule has 0 amide bonds. The number of fused-ring (bicyclic) bond motifs is 5. The number of hydrogen-bond acceptors (Lipinski definition) is 7. The number of aromatic amines is 2. The molecule has 6 heterocycles. The molecule has 7 aromatic rings. The molecule has 168 valence electrons. The number of hydrogen-bond donors (Lipinski definition) is 2. The van der Waals surface area contributed by atoms with Crippen molar-refractivity contribution in [3.05, 3.63) is 73.4 Å². The number of rotatable bonds is 4. The highest BCUT2D eigenvalue weighted by Crippen LogP contribution is 2.31. The summed E-state index contributed by atoms with van der Waals surface area (Å²) in [6, 6.07) is 7.78. The van der Waals surface area contributed by atoms with Crippen LogP contribution < -0.4 is 11.2 Å². The van der Waals surface area contributed by atoms with Gasteiger partial charge < -0.3 is 4.57 Å². The van der Waals surface area contributed by atoms with Crippen molar-refractivity contribution >= 4 is 65.2 Å². The lowest BCUT2D eigenvalue weighted by atomic mass is 10.1. The van der Waals surface area contributed by atoms with Crippen LogP contribution in [0.4, 0.5) is 0 Å². The maximum Gasteiger partial charge on any atom is 0.327 e. The summed E-state index contributed by atoms with van der Waals surface area (Å²) in [5, 5.41) is 16.0. The highest BCUT2D eigenvalue weighted by Gasteiger charge is 2.19. The molecule has 0 aliphatic rings. The molecule has 12 heteroatoms. The van der Waals surface area contributed by atoms with Crippen LogP contribution in [-0.4, -0.2) is 39.1 Å². The fraction of sp³-hybridized carbons (Fsp3) is 0.136. The van der Waals surface area contributed by atoms with Gasteiger partial charge in [-0.1, -0.05) is 12.1 Å². The fourth-order valence-electron chi connectivity index (χ4n) is 4.52. The molecule has 0 aliphatic heterocycles. The fourth-order valence-corrected chi connectivity index (χ4v) is 6.39. The number of imidazole rings is 1. The molecule has 0 aliphatic carbocycles. The van der Waals surface area contributed by atoms with Gasteiger partial charge in [-0.25, -0.2) is 14.5 Å². The Balaban J connectivity index is 1.32. The molecule has 0 saturated carbocycles. The van der Waals surface area contributed by atoms with Gasteiger partial charge in [0.25, 0.3) is 5.56 Å². The third-order valence-corrected chi connectivity index (χ3v) is 8.04. The molecule has 0 saturated heterocycles. The van der Waals surface area contributed by atoms with Crippen molar-refractivity contribution in [3.8, 4) is 0 Å². The first kappa shape index (κ1) is 19.4. The number of benzene rings is 1. The average molecular weight is 489 g/mol. The van der Waals surface area contributed by atoms with E-state index in [2.05, 4.69) is 20.3 Å². The summed E-state index contributed by atoms with van der Waals surface area (Å²) in [6.45, 7) is 0.714. The van der Waals surface area contributed by atoms with Crippen molar-refractivity contribution in [1.29, 1.82) is 0 Å². The largest absolute Gasteiger partial charge is 0.327 e. The van der Waals surface area contributed by atoms with Crippen LogP contribution in [0.3, 0.4) is 0 Å². The summed E-state index contributed by atoms with van der Waals surface area (Å²) in [6.07, 6.45) is 3.49. The monoisotopic (exact) mass is 488 g/mol. The molecule has 2 N–H and O–H groups in total. The summed E-state index contributed by atoms with van der Waals surface area (Å²) in [5.74, 6) is 0. The van der Waals surface area contributed by atoms with Crippen molar-refractivity contribution in [3.63, 3.8) is 0 Å². The van der Waals surface area contributed by atoms with Crippen LogP contribution in [-0.2, 0) is 20.1 Å². The minimum absolute atomic E-state index is 0.150. The van der Waals surface area contributed by atoms with Gasteiger partial charge in [-0.2, -0.15) is 10.2 Å². The normalized spacial score (nSPS) is 12.1. The second-order valence-electron chi connectivity index (χ2n) is 8.09. The van der Waals surface area contributed by atoms with Gasteiger partial charge in [0.2, 0.25) is 0 Å². The zero-order valence-corrected chi connectivity index (χ0v) is 19.4. The van der Waals surface area contributed by atoms with E-state index in [0.717, 1.165) is 41.9 Å². The Morgan fingerprint density at radius 3 is 2.91 bits per heavy atom. The van der Waals surface area contributed by atoms with Crippen LogP contribution in [0.2, 0.25) is 0 Å². The van der Waals surface area contributed by atoms with E-state index in [-0.39, 0.29) is 11.2 Å². The molecule has 1 aromatic carbocycles. The van der Waals surface area contributed by atoms with Crippen LogP contribution in [0, 0.1) is 0 Å². The average Bonchev–Trinajstić information content (AvgIpc) is 3.62. The van der Waals surface area contributed by atoms with Gasteiger partial charge in [0, 0.05) is 17.8 Å². The molecule has 0 atom stereocenters. The van der Waals surface area contributed by atoms with Crippen LogP contribution in [0.1, 0.15) is 10.6 Å².